The zero-order chi connectivity index (χ0) is 10.7. The van der Waals surface area contributed by atoms with Gasteiger partial charge in [-0.15, -0.1) is 0 Å². The number of nitrogens with one attached hydrogen (secondary N) is 1. The van der Waals surface area contributed by atoms with Gasteiger partial charge in [0.05, 0.1) is 6.10 Å². The lowest BCUT2D eigenvalue weighted by Crippen LogP contribution is -2.43. The largest absolute Gasteiger partial charge is 0.389 e. The zero-order valence-electron chi connectivity index (χ0n) is 9.11. The summed E-state index contributed by atoms with van der Waals surface area (Å²) >= 11 is 0. The van der Waals surface area contributed by atoms with Gasteiger partial charge >= 0.3 is 0 Å². The van der Waals surface area contributed by atoms with Gasteiger partial charge in [-0.2, -0.15) is 0 Å². The van der Waals surface area contributed by atoms with Crippen LogP contribution in [0.1, 0.15) is 18.6 Å². The molecule has 2 N–H and O–H groups in total. The van der Waals surface area contributed by atoms with Gasteiger partial charge < -0.3 is 15.3 Å². The molecule has 3 heteroatoms. The Labute approximate surface area is 90.7 Å². The number of aliphatic hydroxyl groups excluding tert-OH is 1. The highest BCUT2D eigenvalue weighted by molar-refractivity contribution is 5.54. The van der Waals surface area contributed by atoms with Gasteiger partial charge in [0.15, 0.2) is 0 Å². The van der Waals surface area contributed by atoms with Crippen LogP contribution in [-0.4, -0.2) is 31.3 Å². The number of rotatable bonds is 2. The van der Waals surface area contributed by atoms with Gasteiger partial charge in [-0.25, -0.2) is 0 Å². The smallest absolute Gasteiger partial charge is 0.0781 e. The van der Waals surface area contributed by atoms with Crippen molar-refractivity contribution in [3.63, 3.8) is 0 Å². The normalized spacial score (nSPS) is 18.9. The van der Waals surface area contributed by atoms with E-state index in [1.807, 2.05) is 25.1 Å². The van der Waals surface area contributed by atoms with Crippen molar-refractivity contribution in [3.05, 3.63) is 29.8 Å². The maximum Gasteiger partial charge on any atom is 0.0781 e. The highest BCUT2D eigenvalue weighted by Crippen LogP contribution is 2.26. The lowest BCUT2D eigenvalue weighted by molar-refractivity contribution is 0.199. The fourth-order valence-electron chi connectivity index (χ4n) is 2.03. The van der Waals surface area contributed by atoms with Crippen LogP contribution in [-0.2, 0) is 0 Å². The van der Waals surface area contributed by atoms with Crippen LogP contribution in [0.25, 0.3) is 0 Å². The third kappa shape index (κ3) is 2.30. The fourth-order valence-corrected chi connectivity index (χ4v) is 2.03. The first kappa shape index (κ1) is 10.5. The van der Waals surface area contributed by atoms with Gasteiger partial charge in [0, 0.05) is 37.4 Å². The Morgan fingerprint density at radius 2 is 1.93 bits per heavy atom. The minimum Gasteiger partial charge on any atom is -0.389 e. The quantitative estimate of drug-likeness (QED) is 0.762. The van der Waals surface area contributed by atoms with Crippen LogP contribution < -0.4 is 10.2 Å². The first-order chi connectivity index (χ1) is 7.29. The molecule has 1 aliphatic rings. The molecule has 0 saturated carbocycles. The third-order valence-electron chi connectivity index (χ3n) is 2.84. The van der Waals surface area contributed by atoms with Crippen LogP contribution in [0.4, 0.5) is 5.69 Å². The molecule has 1 fully saturated rings. The molecule has 2 rings (SSSR count). The Balaban J connectivity index is 2.25. The standard InChI is InChI=1S/C12H18N2O/c1-10(15)11-4-2-3-5-12(11)14-8-6-13-7-9-14/h2-5,10,13,15H,6-9H2,1H3/t10-/m1/s1. The molecule has 1 saturated heterocycles. The topological polar surface area (TPSA) is 35.5 Å². The molecule has 0 aromatic heterocycles. The Bertz CT molecular complexity index is 319. The predicted molar refractivity (Wildman–Crippen MR) is 62.2 cm³/mol. The molecule has 82 valence electrons. The molecule has 1 aliphatic heterocycles. The van der Waals surface area contributed by atoms with E-state index in [0.717, 1.165) is 31.7 Å². The Kier molecular flexibility index (Phi) is 3.23. The molecule has 1 atom stereocenters. The van der Waals surface area contributed by atoms with Gasteiger partial charge in [0.25, 0.3) is 0 Å². The lowest BCUT2D eigenvalue weighted by Gasteiger charge is -2.31. The Morgan fingerprint density at radius 1 is 1.27 bits per heavy atom. The van der Waals surface area contributed by atoms with E-state index in [1.165, 1.54) is 5.69 Å². The number of nitrogens with zero attached hydrogens (tertiary/aromatic N) is 1. The van der Waals surface area contributed by atoms with Crippen molar-refractivity contribution in [1.82, 2.24) is 5.32 Å². The molecule has 0 spiro atoms. The highest BCUT2D eigenvalue weighted by Gasteiger charge is 2.15. The summed E-state index contributed by atoms with van der Waals surface area (Å²) in [6, 6.07) is 8.10. The van der Waals surface area contributed by atoms with Crippen molar-refractivity contribution in [3.8, 4) is 0 Å². The summed E-state index contributed by atoms with van der Waals surface area (Å²) in [5.41, 5.74) is 2.20. The minimum absolute atomic E-state index is 0.393. The van der Waals surface area contributed by atoms with Gasteiger partial charge in [-0.1, -0.05) is 18.2 Å². The molecule has 0 bridgehead atoms. The fraction of sp³-hybridized carbons (Fsp3) is 0.500. The number of hydrogen-bond donors (Lipinski definition) is 2. The molecule has 1 aromatic carbocycles. The Morgan fingerprint density at radius 3 is 2.60 bits per heavy atom. The van der Waals surface area contributed by atoms with E-state index in [4.69, 9.17) is 0 Å². The second-order valence-electron chi connectivity index (χ2n) is 3.97. The van der Waals surface area contributed by atoms with Crippen molar-refractivity contribution in [2.24, 2.45) is 0 Å². The van der Waals surface area contributed by atoms with E-state index in [9.17, 15) is 5.11 Å². The van der Waals surface area contributed by atoms with E-state index in [-0.39, 0.29) is 0 Å². The lowest BCUT2D eigenvalue weighted by atomic mass is 10.1. The molecular formula is C12H18N2O. The van der Waals surface area contributed by atoms with Crippen molar-refractivity contribution in [2.75, 3.05) is 31.1 Å². The number of piperazine rings is 1. The van der Waals surface area contributed by atoms with Gasteiger partial charge in [0.1, 0.15) is 0 Å². The van der Waals surface area contributed by atoms with Gasteiger partial charge in [0.2, 0.25) is 0 Å². The van der Waals surface area contributed by atoms with E-state index in [0.29, 0.717) is 0 Å². The molecule has 15 heavy (non-hydrogen) atoms. The summed E-state index contributed by atoms with van der Waals surface area (Å²) in [4.78, 5) is 2.33. The van der Waals surface area contributed by atoms with E-state index < -0.39 is 6.10 Å². The number of anilines is 1. The van der Waals surface area contributed by atoms with Crippen LogP contribution >= 0.6 is 0 Å². The molecule has 0 radical (unpaired) electrons. The number of aliphatic hydroxyl groups is 1. The molecule has 0 amide bonds. The second kappa shape index (κ2) is 4.64. The molecule has 3 nitrogen and oxygen atoms in total. The highest BCUT2D eigenvalue weighted by atomic mass is 16.3. The first-order valence-corrected chi connectivity index (χ1v) is 5.51. The summed E-state index contributed by atoms with van der Waals surface area (Å²) in [7, 11) is 0. The summed E-state index contributed by atoms with van der Waals surface area (Å²) in [5, 5.41) is 13.0. The summed E-state index contributed by atoms with van der Waals surface area (Å²) in [6.07, 6.45) is -0.393. The van der Waals surface area contributed by atoms with Gasteiger partial charge in [-0.3, -0.25) is 0 Å². The molecule has 1 aromatic rings. The summed E-state index contributed by atoms with van der Waals surface area (Å²) < 4.78 is 0. The third-order valence-corrected chi connectivity index (χ3v) is 2.84. The molecule has 0 unspecified atom stereocenters. The summed E-state index contributed by atoms with van der Waals surface area (Å²) in [6.45, 7) is 5.90. The number of benzene rings is 1. The van der Waals surface area contributed by atoms with Crippen molar-refractivity contribution >= 4 is 5.69 Å². The van der Waals surface area contributed by atoms with E-state index in [2.05, 4.69) is 16.3 Å². The van der Waals surface area contributed by atoms with Crippen LogP contribution in [0.3, 0.4) is 0 Å². The SMILES string of the molecule is C[C@@H](O)c1ccccc1N1CCNCC1. The minimum atomic E-state index is -0.393. The average Bonchev–Trinajstić information content (AvgIpc) is 2.30. The summed E-state index contributed by atoms with van der Waals surface area (Å²) in [5.74, 6) is 0. The number of para-hydroxylation sites is 1. The Hall–Kier alpha value is -1.06. The molecule has 1 heterocycles. The van der Waals surface area contributed by atoms with Crippen molar-refractivity contribution in [1.29, 1.82) is 0 Å². The van der Waals surface area contributed by atoms with Crippen LogP contribution in [0.5, 0.6) is 0 Å². The van der Waals surface area contributed by atoms with E-state index >= 15 is 0 Å². The van der Waals surface area contributed by atoms with Crippen LogP contribution in [0, 0.1) is 0 Å². The predicted octanol–water partition coefficient (Wildman–Crippen LogP) is 1.15. The van der Waals surface area contributed by atoms with E-state index in [1.54, 1.807) is 0 Å². The average molecular weight is 206 g/mol. The zero-order valence-corrected chi connectivity index (χ0v) is 9.11. The van der Waals surface area contributed by atoms with Crippen molar-refractivity contribution < 1.29 is 5.11 Å². The van der Waals surface area contributed by atoms with Gasteiger partial charge in [-0.05, 0) is 13.0 Å². The first-order valence-electron chi connectivity index (χ1n) is 5.51. The maximum absolute atomic E-state index is 9.69. The van der Waals surface area contributed by atoms with Crippen LogP contribution in [0.15, 0.2) is 24.3 Å². The van der Waals surface area contributed by atoms with Crippen molar-refractivity contribution in [2.45, 2.75) is 13.0 Å². The number of hydrogen-bond acceptors (Lipinski definition) is 3. The monoisotopic (exact) mass is 206 g/mol. The van der Waals surface area contributed by atoms with Crippen LogP contribution in [0.2, 0.25) is 0 Å². The molecule has 0 aliphatic carbocycles. The maximum atomic E-state index is 9.69. The molecular weight excluding hydrogens is 188 g/mol. The second-order valence-corrected chi connectivity index (χ2v) is 3.97.